The standard InChI is InChI=1S/C19H13N5O4/c25-18(13-7-11-3-1-2-4-15(11)27-19(13)26)24-9-12(10-24)17-22-16(23-28-17)14-8-20-5-6-21-14/h1-8,12H,9-10H2. The maximum atomic E-state index is 12.7. The van der Waals surface area contributed by atoms with Crippen molar-refractivity contribution in [2.75, 3.05) is 13.1 Å². The van der Waals surface area contributed by atoms with Crippen LogP contribution in [0.3, 0.4) is 0 Å². The summed E-state index contributed by atoms with van der Waals surface area (Å²) in [5.74, 6) is 0.317. The topological polar surface area (TPSA) is 115 Å². The third kappa shape index (κ3) is 2.73. The molecule has 1 aromatic carbocycles. The molecule has 0 N–H and O–H groups in total. The van der Waals surface area contributed by atoms with E-state index in [1.807, 2.05) is 6.07 Å². The quantitative estimate of drug-likeness (QED) is 0.498. The van der Waals surface area contributed by atoms with Gasteiger partial charge in [-0.15, -0.1) is 0 Å². The van der Waals surface area contributed by atoms with Crippen LogP contribution in [0.15, 0.2) is 62.7 Å². The van der Waals surface area contributed by atoms with Crippen molar-refractivity contribution in [3.63, 3.8) is 0 Å². The third-order valence-corrected chi connectivity index (χ3v) is 4.62. The molecule has 0 atom stereocenters. The van der Waals surface area contributed by atoms with Gasteiger partial charge in [0.15, 0.2) is 0 Å². The third-order valence-electron chi connectivity index (χ3n) is 4.62. The van der Waals surface area contributed by atoms with Gasteiger partial charge in [0.1, 0.15) is 16.8 Å². The number of hydrogen-bond donors (Lipinski definition) is 0. The lowest BCUT2D eigenvalue weighted by Crippen LogP contribution is -2.49. The van der Waals surface area contributed by atoms with Crippen molar-refractivity contribution in [1.82, 2.24) is 25.0 Å². The molecule has 4 aromatic rings. The average molecular weight is 375 g/mol. The summed E-state index contributed by atoms with van der Waals surface area (Å²) in [7, 11) is 0. The van der Waals surface area contributed by atoms with E-state index in [1.54, 1.807) is 47.8 Å². The highest BCUT2D eigenvalue weighted by Crippen LogP contribution is 2.28. The second kappa shape index (κ2) is 6.38. The zero-order valence-corrected chi connectivity index (χ0v) is 14.5. The first-order valence-corrected chi connectivity index (χ1v) is 8.61. The number of fused-ring (bicyclic) bond motifs is 1. The highest BCUT2D eigenvalue weighted by Gasteiger charge is 2.37. The Balaban J connectivity index is 1.32. The number of benzene rings is 1. The van der Waals surface area contributed by atoms with Gasteiger partial charge in [-0.05, 0) is 12.1 Å². The Bertz CT molecular complexity index is 1230. The first-order chi connectivity index (χ1) is 13.7. The Labute approximate surface area is 157 Å². The Morgan fingerprint density at radius 1 is 1.18 bits per heavy atom. The normalized spacial score (nSPS) is 14.2. The first kappa shape index (κ1) is 16.3. The summed E-state index contributed by atoms with van der Waals surface area (Å²) in [5.41, 5.74) is 0.337. The van der Waals surface area contributed by atoms with Crippen molar-refractivity contribution in [3.8, 4) is 11.5 Å². The van der Waals surface area contributed by atoms with Crippen LogP contribution in [0.5, 0.6) is 0 Å². The van der Waals surface area contributed by atoms with Crippen LogP contribution in [0.25, 0.3) is 22.5 Å². The maximum Gasteiger partial charge on any atom is 0.349 e. The highest BCUT2D eigenvalue weighted by atomic mass is 16.5. The van der Waals surface area contributed by atoms with Gasteiger partial charge < -0.3 is 13.8 Å². The summed E-state index contributed by atoms with van der Waals surface area (Å²) in [6, 6.07) is 8.64. The van der Waals surface area contributed by atoms with Crippen LogP contribution in [0.1, 0.15) is 22.2 Å². The minimum absolute atomic E-state index is 0.0166. The van der Waals surface area contributed by atoms with Gasteiger partial charge in [0, 0.05) is 30.9 Å². The lowest BCUT2D eigenvalue weighted by molar-refractivity contribution is 0.0565. The van der Waals surface area contributed by atoms with Crippen molar-refractivity contribution in [2.24, 2.45) is 0 Å². The molecule has 0 bridgehead atoms. The predicted molar refractivity (Wildman–Crippen MR) is 96.5 cm³/mol. The van der Waals surface area contributed by atoms with Crippen molar-refractivity contribution in [2.45, 2.75) is 5.92 Å². The summed E-state index contributed by atoms with van der Waals surface area (Å²) >= 11 is 0. The van der Waals surface area contributed by atoms with E-state index in [0.29, 0.717) is 41.5 Å². The van der Waals surface area contributed by atoms with E-state index in [1.165, 1.54) is 0 Å². The Morgan fingerprint density at radius 3 is 2.86 bits per heavy atom. The summed E-state index contributed by atoms with van der Waals surface area (Å²) in [5, 5.41) is 4.61. The van der Waals surface area contributed by atoms with E-state index < -0.39 is 5.63 Å². The van der Waals surface area contributed by atoms with Crippen molar-refractivity contribution < 1.29 is 13.7 Å². The van der Waals surface area contributed by atoms with Gasteiger partial charge in [0.25, 0.3) is 5.91 Å². The van der Waals surface area contributed by atoms with Gasteiger partial charge in [0.05, 0.1) is 12.1 Å². The Hall–Kier alpha value is -3.88. The summed E-state index contributed by atoms with van der Waals surface area (Å²) < 4.78 is 10.5. The summed E-state index contributed by atoms with van der Waals surface area (Å²) in [4.78, 5) is 38.8. The van der Waals surface area contributed by atoms with Crippen LogP contribution in [0, 0.1) is 0 Å². The van der Waals surface area contributed by atoms with Crippen LogP contribution >= 0.6 is 0 Å². The van der Waals surface area contributed by atoms with E-state index >= 15 is 0 Å². The number of rotatable bonds is 3. The molecule has 9 nitrogen and oxygen atoms in total. The smallest absolute Gasteiger partial charge is 0.349 e. The van der Waals surface area contributed by atoms with E-state index in [-0.39, 0.29) is 17.4 Å². The Kier molecular flexibility index (Phi) is 3.71. The van der Waals surface area contributed by atoms with E-state index in [9.17, 15) is 9.59 Å². The highest BCUT2D eigenvalue weighted by molar-refractivity contribution is 5.97. The molecule has 3 aromatic heterocycles. The molecule has 0 saturated carbocycles. The van der Waals surface area contributed by atoms with Gasteiger partial charge in [0.2, 0.25) is 11.7 Å². The summed E-state index contributed by atoms with van der Waals surface area (Å²) in [6.45, 7) is 0.764. The number of aromatic nitrogens is 4. The molecule has 1 fully saturated rings. The maximum absolute atomic E-state index is 12.7. The average Bonchev–Trinajstić information content (AvgIpc) is 3.16. The van der Waals surface area contributed by atoms with Crippen molar-refractivity contribution >= 4 is 16.9 Å². The molecule has 28 heavy (non-hydrogen) atoms. The fourth-order valence-electron chi connectivity index (χ4n) is 3.10. The number of para-hydroxylation sites is 1. The minimum atomic E-state index is -0.644. The number of amides is 1. The number of carbonyl (C=O) groups is 1. The number of nitrogens with zero attached hydrogens (tertiary/aromatic N) is 5. The molecule has 0 unspecified atom stereocenters. The van der Waals surface area contributed by atoms with Crippen molar-refractivity contribution in [1.29, 1.82) is 0 Å². The monoisotopic (exact) mass is 375 g/mol. The van der Waals surface area contributed by atoms with Gasteiger partial charge in [-0.2, -0.15) is 4.98 Å². The fourth-order valence-corrected chi connectivity index (χ4v) is 3.10. The lowest BCUT2D eigenvalue weighted by Gasteiger charge is -2.36. The molecule has 1 amide bonds. The molecular weight excluding hydrogens is 362 g/mol. The number of hydrogen-bond acceptors (Lipinski definition) is 8. The van der Waals surface area contributed by atoms with E-state index in [2.05, 4.69) is 20.1 Å². The molecule has 138 valence electrons. The molecular formula is C19H13N5O4. The molecule has 5 rings (SSSR count). The zero-order chi connectivity index (χ0) is 19.1. The van der Waals surface area contributed by atoms with Crippen molar-refractivity contribution in [3.05, 3.63) is 70.8 Å². The minimum Gasteiger partial charge on any atom is -0.422 e. The molecule has 0 radical (unpaired) electrons. The van der Waals surface area contributed by atoms with Gasteiger partial charge in [-0.1, -0.05) is 23.4 Å². The number of likely N-dealkylation sites (tertiary alicyclic amines) is 1. The van der Waals surface area contributed by atoms with Crippen LogP contribution in [0.4, 0.5) is 0 Å². The summed E-state index contributed by atoms with van der Waals surface area (Å²) in [6.07, 6.45) is 4.65. The molecule has 1 saturated heterocycles. The first-order valence-electron chi connectivity index (χ1n) is 8.61. The van der Waals surface area contributed by atoms with Gasteiger partial charge in [-0.25, -0.2) is 9.78 Å². The van der Waals surface area contributed by atoms with E-state index in [0.717, 1.165) is 0 Å². The molecule has 9 heteroatoms. The largest absolute Gasteiger partial charge is 0.422 e. The molecule has 1 aliphatic rings. The second-order valence-corrected chi connectivity index (χ2v) is 6.44. The predicted octanol–water partition coefficient (Wildman–Crippen LogP) is 1.87. The van der Waals surface area contributed by atoms with Gasteiger partial charge in [-0.3, -0.25) is 9.78 Å². The van der Waals surface area contributed by atoms with Crippen LogP contribution in [-0.4, -0.2) is 44.0 Å². The fraction of sp³-hybridized carbons (Fsp3) is 0.158. The SMILES string of the molecule is O=C(c1cc2ccccc2oc1=O)N1CC(c2nc(-c3cnccn3)no2)C1. The molecule has 0 spiro atoms. The molecule has 0 aliphatic carbocycles. The molecule has 4 heterocycles. The number of carbonyl (C=O) groups excluding carboxylic acids is 1. The molecule has 1 aliphatic heterocycles. The van der Waals surface area contributed by atoms with Crippen LogP contribution in [0.2, 0.25) is 0 Å². The van der Waals surface area contributed by atoms with Crippen LogP contribution < -0.4 is 5.63 Å². The second-order valence-electron chi connectivity index (χ2n) is 6.44. The van der Waals surface area contributed by atoms with E-state index in [4.69, 9.17) is 8.94 Å². The van der Waals surface area contributed by atoms with Gasteiger partial charge >= 0.3 is 5.63 Å². The lowest BCUT2D eigenvalue weighted by atomic mass is 9.99. The van der Waals surface area contributed by atoms with Crippen LogP contribution in [-0.2, 0) is 0 Å². The Morgan fingerprint density at radius 2 is 2.04 bits per heavy atom. The zero-order valence-electron chi connectivity index (χ0n) is 14.5.